The average molecular weight is 173 g/mol. The van der Waals surface area contributed by atoms with Gasteiger partial charge in [0.1, 0.15) is 0 Å². The highest BCUT2D eigenvalue weighted by atomic mass is 16.5. The summed E-state index contributed by atoms with van der Waals surface area (Å²) in [6.07, 6.45) is 1.36. The van der Waals surface area contributed by atoms with E-state index in [0.717, 1.165) is 12.8 Å². The molecule has 0 saturated heterocycles. The van der Waals surface area contributed by atoms with Gasteiger partial charge in [0.2, 0.25) is 0 Å². The number of aliphatic hydroxyl groups is 1. The van der Waals surface area contributed by atoms with Crippen LogP contribution in [-0.4, -0.2) is 30.3 Å². The van der Waals surface area contributed by atoms with Crippen molar-refractivity contribution in [1.82, 2.24) is 0 Å². The van der Waals surface area contributed by atoms with Crippen LogP contribution in [-0.2, 0) is 9.53 Å². The monoisotopic (exact) mass is 173 g/mol. The van der Waals surface area contributed by atoms with Crippen LogP contribution in [0.1, 0.15) is 19.3 Å². The van der Waals surface area contributed by atoms with Crippen molar-refractivity contribution >= 4 is 5.97 Å². The second-order valence-electron chi connectivity index (χ2n) is 3.27. The van der Waals surface area contributed by atoms with Gasteiger partial charge >= 0.3 is 5.97 Å². The minimum atomic E-state index is -0.538. The third kappa shape index (κ3) is 1.95. The van der Waals surface area contributed by atoms with Gasteiger partial charge in [-0.15, -0.1) is 0 Å². The molecule has 0 heterocycles. The molecule has 4 nitrogen and oxygen atoms in total. The molecule has 12 heavy (non-hydrogen) atoms. The van der Waals surface area contributed by atoms with E-state index in [0.29, 0.717) is 0 Å². The Bertz CT molecular complexity index is 172. The molecule has 0 spiro atoms. The molecule has 70 valence electrons. The molecule has 0 aromatic carbocycles. The van der Waals surface area contributed by atoms with Gasteiger partial charge in [0, 0.05) is 6.04 Å². The van der Waals surface area contributed by atoms with Crippen molar-refractivity contribution in [2.24, 2.45) is 11.7 Å². The number of methoxy groups -OCH3 is 1. The van der Waals surface area contributed by atoms with Crippen LogP contribution in [0.2, 0.25) is 0 Å². The number of nitrogens with two attached hydrogens (primary N) is 1. The zero-order valence-electron chi connectivity index (χ0n) is 7.19. The number of rotatable bonds is 2. The first kappa shape index (κ1) is 9.48. The first-order chi connectivity index (χ1) is 5.65. The van der Waals surface area contributed by atoms with Crippen LogP contribution in [0.15, 0.2) is 0 Å². The predicted octanol–water partition coefficient (Wildman–Crippen LogP) is -0.352. The molecular formula is C8H15NO3. The fraction of sp³-hybridized carbons (Fsp3) is 0.875. The number of ether oxygens (including phenoxy) is 1. The zero-order chi connectivity index (χ0) is 9.14. The van der Waals surface area contributed by atoms with Gasteiger partial charge in [0.15, 0.2) is 0 Å². The average Bonchev–Trinajstić information content (AvgIpc) is 2.36. The van der Waals surface area contributed by atoms with Gasteiger partial charge in [-0.05, 0) is 18.8 Å². The molecule has 1 fully saturated rings. The van der Waals surface area contributed by atoms with Crippen LogP contribution < -0.4 is 5.73 Å². The summed E-state index contributed by atoms with van der Waals surface area (Å²) in [5.74, 6) is -0.277. The Balaban J connectivity index is 2.38. The largest absolute Gasteiger partial charge is 0.469 e. The molecule has 3 N–H and O–H groups in total. The van der Waals surface area contributed by atoms with Crippen molar-refractivity contribution in [1.29, 1.82) is 0 Å². The highest BCUT2D eigenvalue weighted by Crippen LogP contribution is 2.27. The molecule has 1 rings (SSSR count). The molecule has 0 aliphatic heterocycles. The summed E-state index contributed by atoms with van der Waals surface area (Å²) in [5, 5.41) is 9.47. The van der Waals surface area contributed by atoms with E-state index in [2.05, 4.69) is 4.74 Å². The smallest absolute Gasteiger partial charge is 0.305 e. The predicted molar refractivity (Wildman–Crippen MR) is 43.3 cm³/mol. The van der Waals surface area contributed by atoms with Crippen LogP contribution >= 0.6 is 0 Å². The summed E-state index contributed by atoms with van der Waals surface area (Å²) >= 11 is 0. The summed E-state index contributed by atoms with van der Waals surface area (Å²) in [6, 6.07) is -0.167. The normalized spacial score (nSPS) is 35.1. The van der Waals surface area contributed by atoms with Gasteiger partial charge in [0.25, 0.3) is 0 Å². The summed E-state index contributed by atoms with van der Waals surface area (Å²) in [7, 11) is 1.35. The summed E-state index contributed by atoms with van der Waals surface area (Å²) < 4.78 is 4.50. The molecule has 0 aromatic rings. The topological polar surface area (TPSA) is 72.5 Å². The van der Waals surface area contributed by atoms with Gasteiger partial charge in [-0.3, -0.25) is 4.79 Å². The number of hydrogen-bond donors (Lipinski definition) is 2. The molecular weight excluding hydrogens is 158 g/mol. The van der Waals surface area contributed by atoms with E-state index in [1.165, 1.54) is 7.11 Å². The van der Waals surface area contributed by atoms with Crippen molar-refractivity contribution in [2.75, 3.05) is 7.11 Å². The van der Waals surface area contributed by atoms with Crippen molar-refractivity contribution < 1.29 is 14.6 Å². The van der Waals surface area contributed by atoms with Crippen molar-refractivity contribution in [2.45, 2.75) is 31.4 Å². The highest BCUT2D eigenvalue weighted by Gasteiger charge is 2.33. The van der Waals surface area contributed by atoms with Gasteiger partial charge in [-0.25, -0.2) is 0 Å². The Labute approximate surface area is 71.7 Å². The second-order valence-corrected chi connectivity index (χ2v) is 3.27. The second kappa shape index (κ2) is 3.87. The number of esters is 1. The summed E-state index contributed by atoms with van der Waals surface area (Å²) in [6.45, 7) is 0. The van der Waals surface area contributed by atoms with Gasteiger partial charge in [-0.2, -0.15) is 0 Å². The lowest BCUT2D eigenvalue weighted by Gasteiger charge is -2.15. The van der Waals surface area contributed by atoms with Gasteiger partial charge in [0.05, 0.1) is 19.6 Å². The number of carbonyl (C=O) groups is 1. The molecule has 1 aliphatic rings. The molecule has 0 aromatic heterocycles. The lowest BCUT2D eigenvalue weighted by atomic mass is 10.0. The lowest BCUT2D eigenvalue weighted by Crippen LogP contribution is -2.33. The Kier molecular flexibility index (Phi) is 3.05. The minimum absolute atomic E-state index is 0.00699. The highest BCUT2D eigenvalue weighted by molar-refractivity contribution is 5.69. The molecule has 1 saturated carbocycles. The molecule has 0 radical (unpaired) electrons. The number of hydrogen-bond acceptors (Lipinski definition) is 4. The summed E-state index contributed by atoms with van der Waals surface area (Å²) in [4.78, 5) is 10.8. The summed E-state index contributed by atoms with van der Waals surface area (Å²) in [5.41, 5.74) is 5.58. The van der Waals surface area contributed by atoms with Gasteiger partial charge in [-0.1, -0.05) is 0 Å². The molecule has 3 unspecified atom stereocenters. The third-order valence-corrected chi connectivity index (χ3v) is 2.45. The van der Waals surface area contributed by atoms with Crippen LogP contribution in [0.3, 0.4) is 0 Å². The van der Waals surface area contributed by atoms with Crippen LogP contribution in [0.25, 0.3) is 0 Å². The molecule has 0 amide bonds. The third-order valence-electron chi connectivity index (χ3n) is 2.45. The maximum absolute atomic E-state index is 10.8. The number of carbonyl (C=O) groups excluding carboxylic acids is 1. The van der Waals surface area contributed by atoms with Crippen LogP contribution in [0.5, 0.6) is 0 Å². The standard InChI is InChI=1S/C8H15NO3/c1-12-7(10)4-5-2-3-6(9)8(5)11/h5-6,8,11H,2-4,9H2,1H3. The first-order valence-corrected chi connectivity index (χ1v) is 4.15. The maximum Gasteiger partial charge on any atom is 0.305 e. The van der Waals surface area contributed by atoms with Crippen LogP contribution in [0, 0.1) is 5.92 Å². The number of aliphatic hydroxyl groups excluding tert-OH is 1. The van der Waals surface area contributed by atoms with E-state index in [1.807, 2.05) is 0 Å². The molecule has 1 aliphatic carbocycles. The molecule has 4 heteroatoms. The Morgan fingerprint density at radius 3 is 2.75 bits per heavy atom. The Morgan fingerprint density at radius 2 is 2.33 bits per heavy atom. The maximum atomic E-state index is 10.8. The van der Waals surface area contributed by atoms with Gasteiger partial charge < -0.3 is 15.6 Å². The van der Waals surface area contributed by atoms with Crippen molar-refractivity contribution in [3.05, 3.63) is 0 Å². The molecule has 0 bridgehead atoms. The first-order valence-electron chi connectivity index (χ1n) is 4.15. The zero-order valence-corrected chi connectivity index (χ0v) is 7.19. The minimum Gasteiger partial charge on any atom is -0.469 e. The van der Waals surface area contributed by atoms with Crippen molar-refractivity contribution in [3.8, 4) is 0 Å². The van der Waals surface area contributed by atoms with E-state index in [-0.39, 0.29) is 24.3 Å². The SMILES string of the molecule is COC(=O)CC1CCC(N)C1O. The lowest BCUT2D eigenvalue weighted by molar-refractivity contribution is -0.142. The Morgan fingerprint density at radius 1 is 1.67 bits per heavy atom. The quantitative estimate of drug-likeness (QED) is 0.560. The van der Waals surface area contributed by atoms with E-state index in [1.54, 1.807) is 0 Å². The fourth-order valence-corrected chi connectivity index (χ4v) is 1.62. The van der Waals surface area contributed by atoms with E-state index in [4.69, 9.17) is 5.73 Å². The Hall–Kier alpha value is -0.610. The molecule has 3 atom stereocenters. The van der Waals surface area contributed by atoms with E-state index >= 15 is 0 Å². The van der Waals surface area contributed by atoms with E-state index < -0.39 is 6.10 Å². The fourth-order valence-electron chi connectivity index (χ4n) is 1.62. The van der Waals surface area contributed by atoms with E-state index in [9.17, 15) is 9.90 Å². The van der Waals surface area contributed by atoms with Crippen LogP contribution in [0.4, 0.5) is 0 Å². The van der Waals surface area contributed by atoms with Crippen molar-refractivity contribution in [3.63, 3.8) is 0 Å².